The molecule has 0 saturated carbocycles. The fourth-order valence-corrected chi connectivity index (χ4v) is 2.03. The Morgan fingerprint density at radius 2 is 2.00 bits per heavy atom. The van der Waals surface area contributed by atoms with Crippen LogP contribution in [0.1, 0.15) is 33.1 Å². The summed E-state index contributed by atoms with van der Waals surface area (Å²) in [7, 11) is 0. The third-order valence-corrected chi connectivity index (χ3v) is 3.35. The van der Waals surface area contributed by atoms with Crippen LogP contribution in [0.3, 0.4) is 0 Å². The number of nitrogens with two attached hydrogens (primary N) is 1. The van der Waals surface area contributed by atoms with Crippen LogP contribution in [0.5, 0.6) is 0 Å². The molecule has 1 aliphatic rings. The van der Waals surface area contributed by atoms with E-state index in [0.29, 0.717) is 0 Å². The van der Waals surface area contributed by atoms with Gasteiger partial charge in [0.05, 0.1) is 0 Å². The molecule has 1 saturated heterocycles. The number of hydrogen-bond acceptors (Lipinski definition) is 2. The summed E-state index contributed by atoms with van der Waals surface area (Å²) in [6.45, 7) is 9.46. The van der Waals surface area contributed by atoms with Crippen molar-refractivity contribution in [2.24, 2.45) is 17.6 Å². The molecule has 0 aromatic heterocycles. The molecule has 1 rings (SSSR count). The third kappa shape index (κ3) is 3.65. The van der Waals surface area contributed by atoms with Gasteiger partial charge < -0.3 is 10.6 Å². The van der Waals surface area contributed by atoms with Crippen molar-refractivity contribution in [3.05, 3.63) is 0 Å². The maximum absolute atomic E-state index is 5.47. The fourth-order valence-electron chi connectivity index (χ4n) is 2.03. The lowest BCUT2D eigenvalue weighted by Crippen LogP contribution is -2.38. The van der Waals surface area contributed by atoms with E-state index in [1.54, 1.807) is 0 Å². The molecule has 0 aromatic carbocycles. The zero-order chi connectivity index (χ0) is 9.68. The SMILES string of the molecule is CC1CCN(CCCCN)CC1C. The topological polar surface area (TPSA) is 29.3 Å². The number of rotatable bonds is 4. The molecular weight excluding hydrogens is 160 g/mol. The molecule has 0 bridgehead atoms. The highest BCUT2D eigenvalue weighted by atomic mass is 15.1. The van der Waals surface area contributed by atoms with Crippen LogP contribution in [0.4, 0.5) is 0 Å². The van der Waals surface area contributed by atoms with Crippen LogP contribution in [-0.4, -0.2) is 31.1 Å². The van der Waals surface area contributed by atoms with E-state index in [1.165, 1.54) is 38.9 Å². The van der Waals surface area contributed by atoms with Crippen molar-refractivity contribution >= 4 is 0 Å². The molecule has 0 amide bonds. The molecule has 0 spiro atoms. The van der Waals surface area contributed by atoms with Gasteiger partial charge in [0.25, 0.3) is 0 Å². The Kier molecular flexibility index (Phi) is 4.74. The second kappa shape index (κ2) is 5.61. The minimum absolute atomic E-state index is 0.847. The molecule has 2 unspecified atom stereocenters. The van der Waals surface area contributed by atoms with Gasteiger partial charge in [0.1, 0.15) is 0 Å². The Morgan fingerprint density at radius 3 is 2.62 bits per heavy atom. The van der Waals surface area contributed by atoms with Crippen LogP contribution >= 0.6 is 0 Å². The zero-order valence-electron chi connectivity index (χ0n) is 9.13. The lowest BCUT2D eigenvalue weighted by molar-refractivity contribution is 0.137. The monoisotopic (exact) mass is 184 g/mol. The maximum atomic E-state index is 5.47. The molecule has 0 radical (unpaired) electrons. The molecule has 1 aliphatic heterocycles. The fraction of sp³-hybridized carbons (Fsp3) is 1.00. The van der Waals surface area contributed by atoms with Gasteiger partial charge in [0, 0.05) is 6.54 Å². The molecule has 2 nitrogen and oxygen atoms in total. The highest BCUT2D eigenvalue weighted by molar-refractivity contribution is 4.74. The molecule has 1 heterocycles. The Hall–Kier alpha value is -0.0800. The summed E-state index contributed by atoms with van der Waals surface area (Å²) in [6.07, 6.45) is 3.84. The first-order valence-electron chi connectivity index (χ1n) is 5.66. The summed E-state index contributed by atoms with van der Waals surface area (Å²) in [4.78, 5) is 2.60. The van der Waals surface area contributed by atoms with Gasteiger partial charge in [-0.25, -0.2) is 0 Å². The summed E-state index contributed by atoms with van der Waals surface area (Å²) >= 11 is 0. The normalized spacial score (nSPS) is 30.7. The first-order chi connectivity index (χ1) is 6.24. The number of unbranched alkanes of at least 4 members (excludes halogenated alkanes) is 1. The van der Waals surface area contributed by atoms with E-state index in [4.69, 9.17) is 5.73 Å². The quantitative estimate of drug-likeness (QED) is 0.674. The smallest absolute Gasteiger partial charge is 0.000957 e. The van der Waals surface area contributed by atoms with Crippen molar-refractivity contribution in [1.82, 2.24) is 4.90 Å². The Labute approximate surface area is 82.5 Å². The molecule has 0 aromatic rings. The van der Waals surface area contributed by atoms with Gasteiger partial charge in [-0.2, -0.15) is 0 Å². The second-order valence-electron chi connectivity index (χ2n) is 4.54. The van der Waals surface area contributed by atoms with E-state index >= 15 is 0 Å². The van der Waals surface area contributed by atoms with Crippen LogP contribution in [0, 0.1) is 11.8 Å². The Morgan fingerprint density at radius 1 is 1.23 bits per heavy atom. The first-order valence-corrected chi connectivity index (χ1v) is 5.66. The number of likely N-dealkylation sites (tertiary alicyclic amines) is 1. The summed E-state index contributed by atoms with van der Waals surface area (Å²) in [5.74, 6) is 1.80. The summed E-state index contributed by atoms with van der Waals surface area (Å²) in [5.41, 5.74) is 5.47. The molecule has 2 heteroatoms. The van der Waals surface area contributed by atoms with E-state index < -0.39 is 0 Å². The van der Waals surface area contributed by atoms with E-state index in [1.807, 2.05) is 0 Å². The van der Waals surface area contributed by atoms with Crippen LogP contribution in [0.2, 0.25) is 0 Å². The summed E-state index contributed by atoms with van der Waals surface area (Å²) in [6, 6.07) is 0. The van der Waals surface area contributed by atoms with Crippen LogP contribution in [0.25, 0.3) is 0 Å². The van der Waals surface area contributed by atoms with Crippen molar-refractivity contribution in [1.29, 1.82) is 0 Å². The van der Waals surface area contributed by atoms with E-state index in [-0.39, 0.29) is 0 Å². The van der Waals surface area contributed by atoms with Crippen molar-refractivity contribution in [3.8, 4) is 0 Å². The van der Waals surface area contributed by atoms with Crippen molar-refractivity contribution in [2.75, 3.05) is 26.2 Å². The summed E-state index contributed by atoms with van der Waals surface area (Å²) < 4.78 is 0. The van der Waals surface area contributed by atoms with Gasteiger partial charge in [-0.1, -0.05) is 13.8 Å². The lowest BCUT2D eigenvalue weighted by atomic mass is 9.88. The van der Waals surface area contributed by atoms with Crippen LogP contribution < -0.4 is 5.73 Å². The largest absolute Gasteiger partial charge is 0.330 e. The van der Waals surface area contributed by atoms with Gasteiger partial charge in [-0.3, -0.25) is 0 Å². The number of piperidine rings is 1. The Balaban J connectivity index is 2.14. The molecule has 0 aliphatic carbocycles. The molecule has 78 valence electrons. The van der Waals surface area contributed by atoms with Crippen molar-refractivity contribution in [2.45, 2.75) is 33.1 Å². The van der Waals surface area contributed by atoms with E-state index in [0.717, 1.165) is 18.4 Å². The summed E-state index contributed by atoms with van der Waals surface area (Å²) in [5, 5.41) is 0. The van der Waals surface area contributed by atoms with Gasteiger partial charge in [-0.15, -0.1) is 0 Å². The zero-order valence-corrected chi connectivity index (χ0v) is 9.13. The molecular formula is C11H24N2. The number of nitrogens with zero attached hydrogens (tertiary/aromatic N) is 1. The molecule has 2 N–H and O–H groups in total. The Bertz CT molecular complexity index is 136. The van der Waals surface area contributed by atoms with E-state index in [9.17, 15) is 0 Å². The highest BCUT2D eigenvalue weighted by Gasteiger charge is 2.21. The molecule has 1 fully saturated rings. The minimum Gasteiger partial charge on any atom is -0.330 e. The maximum Gasteiger partial charge on any atom is 0.000957 e. The molecule has 2 atom stereocenters. The average Bonchev–Trinajstić information content (AvgIpc) is 2.12. The number of hydrogen-bond donors (Lipinski definition) is 1. The van der Waals surface area contributed by atoms with Crippen LogP contribution in [-0.2, 0) is 0 Å². The van der Waals surface area contributed by atoms with Crippen LogP contribution in [0.15, 0.2) is 0 Å². The van der Waals surface area contributed by atoms with Gasteiger partial charge in [0.15, 0.2) is 0 Å². The second-order valence-corrected chi connectivity index (χ2v) is 4.54. The van der Waals surface area contributed by atoms with Gasteiger partial charge >= 0.3 is 0 Å². The lowest BCUT2D eigenvalue weighted by Gasteiger charge is -2.35. The predicted octanol–water partition coefficient (Wildman–Crippen LogP) is 1.70. The van der Waals surface area contributed by atoms with Crippen molar-refractivity contribution < 1.29 is 0 Å². The van der Waals surface area contributed by atoms with Gasteiger partial charge in [0.2, 0.25) is 0 Å². The minimum atomic E-state index is 0.847. The average molecular weight is 184 g/mol. The highest BCUT2D eigenvalue weighted by Crippen LogP contribution is 2.22. The predicted molar refractivity (Wildman–Crippen MR) is 57.7 cm³/mol. The van der Waals surface area contributed by atoms with Crippen molar-refractivity contribution in [3.63, 3.8) is 0 Å². The first kappa shape index (κ1) is 11.0. The van der Waals surface area contributed by atoms with Gasteiger partial charge in [-0.05, 0) is 50.7 Å². The van der Waals surface area contributed by atoms with E-state index in [2.05, 4.69) is 18.7 Å². The standard InChI is InChI=1S/C11H24N2/c1-10-5-8-13(9-11(10)2)7-4-3-6-12/h10-11H,3-9,12H2,1-2H3. The third-order valence-electron chi connectivity index (χ3n) is 3.35. The molecule has 13 heavy (non-hydrogen) atoms.